The first-order chi connectivity index (χ1) is 11.0. The molecule has 0 aliphatic carbocycles. The maximum atomic E-state index is 12.2. The summed E-state index contributed by atoms with van der Waals surface area (Å²) in [6, 6.07) is 2.90. The zero-order valence-corrected chi connectivity index (χ0v) is 13.4. The lowest BCUT2D eigenvalue weighted by atomic mass is 9.99. The van der Waals surface area contributed by atoms with Crippen LogP contribution in [0.3, 0.4) is 0 Å². The number of hydrogen-bond donors (Lipinski definition) is 1. The van der Waals surface area contributed by atoms with E-state index in [2.05, 4.69) is 15.0 Å². The number of amides is 2. The van der Waals surface area contributed by atoms with Gasteiger partial charge in [0.05, 0.1) is 12.7 Å². The zero-order valence-electron chi connectivity index (χ0n) is 13.4. The molecule has 2 amide bonds. The molecule has 7 nitrogen and oxygen atoms in total. The van der Waals surface area contributed by atoms with Crippen LogP contribution in [0.2, 0.25) is 0 Å². The van der Waals surface area contributed by atoms with E-state index in [4.69, 9.17) is 0 Å². The number of aromatic nitrogens is 1. The molecule has 0 aromatic carbocycles. The molecule has 1 fully saturated rings. The summed E-state index contributed by atoms with van der Waals surface area (Å²) in [7, 11) is 1.29. The van der Waals surface area contributed by atoms with Crippen molar-refractivity contribution in [2.24, 2.45) is 0 Å². The van der Waals surface area contributed by atoms with Crippen molar-refractivity contribution in [2.45, 2.75) is 38.6 Å². The summed E-state index contributed by atoms with van der Waals surface area (Å²) >= 11 is 0. The fraction of sp³-hybridized carbons (Fsp3) is 0.500. The number of carbonyl (C=O) groups excluding carboxylic acids is 3. The molecule has 1 aromatic rings. The van der Waals surface area contributed by atoms with Gasteiger partial charge in [0.1, 0.15) is 5.82 Å². The van der Waals surface area contributed by atoms with Crippen molar-refractivity contribution in [3.63, 3.8) is 0 Å². The molecule has 0 bridgehead atoms. The number of likely N-dealkylation sites (tertiary alicyclic amines) is 1. The van der Waals surface area contributed by atoms with Gasteiger partial charge >= 0.3 is 5.97 Å². The van der Waals surface area contributed by atoms with Gasteiger partial charge in [0, 0.05) is 32.1 Å². The van der Waals surface area contributed by atoms with Crippen LogP contribution in [0.1, 0.15) is 43.0 Å². The van der Waals surface area contributed by atoms with E-state index in [0.29, 0.717) is 17.9 Å². The third-order valence-corrected chi connectivity index (χ3v) is 3.90. The molecular weight excluding hydrogens is 298 g/mol. The quantitative estimate of drug-likeness (QED) is 0.852. The molecular formula is C16H21N3O4. The Labute approximate surface area is 135 Å². The molecule has 1 aromatic heterocycles. The number of hydrogen-bond acceptors (Lipinski definition) is 5. The molecule has 0 saturated carbocycles. The Hall–Kier alpha value is -2.44. The Bertz CT molecular complexity index is 603. The van der Waals surface area contributed by atoms with Crippen LogP contribution in [-0.2, 0) is 14.3 Å². The van der Waals surface area contributed by atoms with Crippen molar-refractivity contribution in [2.75, 3.05) is 19.0 Å². The van der Waals surface area contributed by atoms with Gasteiger partial charge in [-0.15, -0.1) is 0 Å². The van der Waals surface area contributed by atoms with E-state index in [1.165, 1.54) is 32.4 Å². The van der Waals surface area contributed by atoms with E-state index in [1.54, 1.807) is 4.90 Å². The second kappa shape index (κ2) is 7.71. The molecule has 0 unspecified atom stereocenters. The highest BCUT2D eigenvalue weighted by Crippen LogP contribution is 2.20. The molecule has 7 heteroatoms. The largest absolute Gasteiger partial charge is 0.465 e. The van der Waals surface area contributed by atoms with Crippen molar-refractivity contribution in [3.05, 3.63) is 23.9 Å². The van der Waals surface area contributed by atoms with Crippen molar-refractivity contribution >= 4 is 23.6 Å². The smallest absolute Gasteiger partial charge is 0.338 e. The summed E-state index contributed by atoms with van der Waals surface area (Å²) in [6.07, 6.45) is 4.47. The number of piperidine rings is 1. The number of carbonyl (C=O) groups is 3. The molecule has 2 heterocycles. The SMILES string of the molecule is COC(=O)c1ccnc(NC(=O)C[C@@H]2CCCCN2C(C)=O)c1. The van der Waals surface area contributed by atoms with Crippen LogP contribution >= 0.6 is 0 Å². The molecule has 23 heavy (non-hydrogen) atoms. The van der Waals surface area contributed by atoms with Crippen LogP contribution in [0.5, 0.6) is 0 Å². The second-order valence-electron chi connectivity index (χ2n) is 5.54. The van der Waals surface area contributed by atoms with Crippen LogP contribution in [0, 0.1) is 0 Å². The summed E-state index contributed by atoms with van der Waals surface area (Å²) in [6.45, 7) is 2.22. The first-order valence-corrected chi connectivity index (χ1v) is 7.62. The number of nitrogens with zero attached hydrogens (tertiary/aromatic N) is 2. The predicted octanol–water partition coefficient (Wildman–Crippen LogP) is 1.60. The van der Waals surface area contributed by atoms with E-state index in [0.717, 1.165) is 19.3 Å². The summed E-state index contributed by atoms with van der Waals surface area (Å²) in [5.41, 5.74) is 0.320. The Morgan fingerprint density at radius 2 is 2.17 bits per heavy atom. The highest BCUT2D eigenvalue weighted by atomic mass is 16.5. The number of ether oxygens (including phenoxy) is 1. The second-order valence-corrected chi connectivity index (χ2v) is 5.54. The number of pyridine rings is 1. The number of anilines is 1. The van der Waals surface area contributed by atoms with Crippen LogP contribution < -0.4 is 5.32 Å². The van der Waals surface area contributed by atoms with Crippen LogP contribution in [0.15, 0.2) is 18.3 Å². The van der Waals surface area contributed by atoms with E-state index in [9.17, 15) is 14.4 Å². The highest BCUT2D eigenvalue weighted by Gasteiger charge is 2.26. The van der Waals surface area contributed by atoms with Gasteiger partial charge in [-0.25, -0.2) is 9.78 Å². The molecule has 1 aliphatic rings. The van der Waals surface area contributed by atoms with Gasteiger partial charge in [-0.3, -0.25) is 9.59 Å². The van der Waals surface area contributed by atoms with Crippen LogP contribution in [0.4, 0.5) is 5.82 Å². The molecule has 124 valence electrons. The van der Waals surface area contributed by atoms with Crippen molar-refractivity contribution in [3.8, 4) is 0 Å². The van der Waals surface area contributed by atoms with Crippen LogP contribution in [-0.4, -0.2) is 47.4 Å². The van der Waals surface area contributed by atoms with Crippen molar-refractivity contribution in [1.82, 2.24) is 9.88 Å². The van der Waals surface area contributed by atoms with Gasteiger partial charge in [-0.1, -0.05) is 0 Å². The summed E-state index contributed by atoms with van der Waals surface area (Å²) < 4.78 is 4.63. The minimum absolute atomic E-state index is 0.00619. The van der Waals surface area contributed by atoms with E-state index >= 15 is 0 Å². The normalized spacial score (nSPS) is 17.5. The molecule has 0 spiro atoms. The minimum atomic E-state index is -0.488. The Morgan fingerprint density at radius 1 is 1.39 bits per heavy atom. The average Bonchev–Trinajstić information content (AvgIpc) is 2.54. The Morgan fingerprint density at radius 3 is 2.87 bits per heavy atom. The van der Waals surface area contributed by atoms with Crippen molar-refractivity contribution < 1.29 is 19.1 Å². The van der Waals surface area contributed by atoms with E-state index in [-0.39, 0.29) is 24.3 Å². The summed E-state index contributed by atoms with van der Waals surface area (Å²) in [5, 5.41) is 2.67. The topological polar surface area (TPSA) is 88.6 Å². The summed E-state index contributed by atoms with van der Waals surface area (Å²) in [5.74, 6) is -0.424. The van der Waals surface area contributed by atoms with Gasteiger partial charge in [0.2, 0.25) is 11.8 Å². The molecule has 0 radical (unpaired) electrons. The average molecular weight is 319 g/mol. The third-order valence-electron chi connectivity index (χ3n) is 3.90. The molecule has 2 rings (SSSR count). The Kier molecular flexibility index (Phi) is 5.67. The Balaban J connectivity index is 1.99. The lowest BCUT2D eigenvalue weighted by molar-refractivity contribution is -0.133. The molecule has 1 aliphatic heterocycles. The van der Waals surface area contributed by atoms with E-state index < -0.39 is 5.97 Å². The number of methoxy groups -OCH3 is 1. The lowest BCUT2D eigenvalue weighted by Crippen LogP contribution is -2.44. The number of nitrogens with one attached hydrogen (secondary N) is 1. The van der Waals surface area contributed by atoms with Gasteiger partial charge in [0.15, 0.2) is 0 Å². The lowest BCUT2D eigenvalue weighted by Gasteiger charge is -2.34. The maximum absolute atomic E-state index is 12.2. The predicted molar refractivity (Wildman–Crippen MR) is 83.8 cm³/mol. The van der Waals surface area contributed by atoms with Gasteiger partial charge in [-0.05, 0) is 31.4 Å². The number of rotatable bonds is 4. The first-order valence-electron chi connectivity index (χ1n) is 7.62. The maximum Gasteiger partial charge on any atom is 0.338 e. The highest BCUT2D eigenvalue weighted by molar-refractivity contribution is 5.93. The fourth-order valence-corrected chi connectivity index (χ4v) is 2.78. The van der Waals surface area contributed by atoms with Crippen molar-refractivity contribution in [1.29, 1.82) is 0 Å². The van der Waals surface area contributed by atoms with Gasteiger partial charge in [-0.2, -0.15) is 0 Å². The van der Waals surface area contributed by atoms with Gasteiger partial charge in [0.25, 0.3) is 0 Å². The molecule has 1 atom stereocenters. The molecule has 1 saturated heterocycles. The first kappa shape index (κ1) is 16.9. The molecule has 1 N–H and O–H groups in total. The third kappa shape index (κ3) is 4.51. The number of esters is 1. The zero-order chi connectivity index (χ0) is 16.8. The summed E-state index contributed by atoms with van der Waals surface area (Å²) in [4.78, 5) is 41.1. The standard InChI is InChI=1S/C16H21N3O4/c1-11(20)19-8-4-3-5-13(19)10-15(21)18-14-9-12(6-7-17-14)16(22)23-2/h6-7,9,13H,3-5,8,10H2,1-2H3,(H,17,18,21)/t13-/m0/s1. The van der Waals surface area contributed by atoms with Crippen LogP contribution in [0.25, 0.3) is 0 Å². The van der Waals surface area contributed by atoms with E-state index in [1.807, 2.05) is 0 Å². The monoisotopic (exact) mass is 319 g/mol. The fourth-order valence-electron chi connectivity index (χ4n) is 2.78. The minimum Gasteiger partial charge on any atom is -0.465 e. The van der Waals surface area contributed by atoms with Gasteiger partial charge < -0.3 is 15.0 Å².